The van der Waals surface area contributed by atoms with E-state index in [9.17, 15) is 24.6 Å². The molecule has 0 saturated heterocycles. The summed E-state index contributed by atoms with van der Waals surface area (Å²) in [6.07, 6.45) is -2.59. The number of hydrogen-bond acceptors (Lipinski definition) is 8. The molecule has 0 aromatic carbocycles. The van der Waals surface area contributed by atoms with Crippen molar-refractivity contribution in [3.05, 3.63) is 0 Å². The third kappa shape index (κ3) is 21.0. The summed E-state index contributed by atoms with van der Waals surface area (Å²) in [7, 11) is -3.83. The van der Waals surface area contributed by atoms with Gasteiger partial charge in [-0.3, -0.25) is 9.11 Å². The first-order valence-corrected chi connectivity index (χ1v) is 6.23. The quantitative estimate of drug-likeness (QED) is 0.344. The van der Waals surface area contributed by atoms with E-state index in [4.69, 9.17) is 23.5 Å². The molecule has 0 atom stereocenters. The van der Waals surface area contributed by atoms with Gasteiger partial charge in [0.1, 0.15) is 0 Å². The number of carbonyl (C=O) groups excluding carboxylic acids is 2. The van der Waals surface area contributed by atoms with E-state index in [1.54, 1.807) is 0 Å². The van der Waals surface area contributed by atoms with Crippen molar-refractivity contribution in [2.24, 2.45) is 0 Å². The number of rotatable bonds is 5. The first-order chi connectivity index (χ1) is 7.78. The number of carboxylic acids is 3. The molecule has 0 heterocycles. The Labute approximate surface area is 162 Å². The molecule has 0 amide bonds. The molecule has 10 nitrogen and oxygen atoms in total. The second-order valence-corrected chi connectivity index (χ2v) is 5.08. The molecule has 0 rings (SSSR count). The van der Waals surface area contributed by atoms with E-state index in [1.807, 2.05) is 0 Å². The zero-order valence-corrected chi connectivity index (χ0v) is 16.1. The zero-order chi connectivity index (χ0) is 15.1. The van der Waals surface area contributed by atoms with Crippen LogP contribution in [0.4, 0.5) is 0 Å². The van der Waals surface area contributed by atoms with Crippen molar-refractivity contribution < 1.29 is 107 Å². The molecule has 0 aromatic rings. The van der Waals surface area contributed by atoms with Crippen LogP contribution in [0.5, 0.6) is 0 Å². The summed E-state index contributed by atoms with van der Waals surface area (Å²) in [5.74, 6) is -5.65. The van der Waals surface area contributed by atoms with Gasteiger partial charge in [-0.05, 0) is 0 Å². The standard InChI is InChI=1S/C6H8O7.2Na.H2O3S2/c7-3(8)1-6(13,5(11)12)2-4(9)10;;;1-5(2,3)4/h13H,1-2H2,(H,7,8)(H,9,10)(H,11,12);;;(H2,1,2,3,4)/q;2*+1;/p-2. The van der Waals surface area contributed by atoms with Crippen molar-refractivity contribution in [3.63, 3.8) is 0 Å². The van der Waals surface area contributed by atoms with Crippen LogP contribution in [-0.4, -0.2) is 47.0 Å². The van der Waals surface area contributed by atoms with E-state index in [0.29, 0.717) is 0 Å². The molecule has 20 heavy (non-hydrogen) atoms. The van der Waals surface area contributed by atoms with Crippen LogP contribution >= 0.6 is 0 Å². The summed E-state index contributed by atoms with van der Waals surface area (Å²) >= 11 is 3.47. The van der Waals surface area contributed by atoms with Crippen LogP contribution in [0.15, 0.2) is 0 Å². The number of aliphatic hydroxyl groups is 1. The second-order valence-electron chi connectivity index (χ2n) is 2.88. The average Bonchev–Trinajstić information content (AvgIpc) is 1.95. The monoisotopic (exact) mass is 350 g/mol. The van der Waals surface area contributed by atoms with Crippen LogP contribution in [0, 0.1) is 0 Å². The van der Waals surface area contributed by atoms with Gasteiger partial charge in [-0.25, -0.2) is 4.79 Å². The molecule has 106 valence electrons. The molecule has 0 aliphatic rings. The van der Waals surface area contributed by atoms with Gasteiger partial charge in [0, 0.05) is 36.0 Å². The van der Waals surface area contributed by atoms with Crippen molar-refractivity contribution in [2.45, 2.75) is 18.4 Å². The second kappa shape index (κ2) is 12.2. The fourth-order valence-electron chi connectivity index (χ4n) is 0.691. The number of aliphatic carboxylic acids is 3. The van der Waals surface area contributed by atoms with Crippen molar-refractivity contribution in [3.8, 4) is 0 Å². The van der Waals surface area contributed by atoms with E-state index < -0.39 is 45.4 Å². The Balaban J connectivity index is -0.000000158. The van der Waals surface area contributed by atoms with Gasteiger partial charge in [0.05, 0.1) is 0 Å². The topological polar surface area (TPSA) is 195 Å². The molecule has 0 spiro atoms. The smallest absolute Gasteiger partial charge is 0.550 e. The Morgan fingerprint density at radius 1 is 1.05 bits per heavy atom. The maximum atomic E-state index is 10.3. The summed E-state index contributed by atoms with van der Waals surface area (Å²) in [5, 5.41) is 37.2. The van der Waals surface area contributed by atoms with Crippen molar-refractivity contribution in [1.82, 2.24) is 0 Å². The maximum absolute atomic E-state index is 10.3. The minimum absolute atomic E-state index is 0. The van der Waals surface area contributed by atoms with Crippen LogP contribution < -0.4 is 69.3 Å². The van der Waals surface area contributed by atoms with E-state index in [-0.39, 0.29) is 59.1 Å². The molecule has 4 N–H and O–H groups in total. The van der Waals surface area contributed by atoms with Gasteiger partial charge in [-0.15, -0.1) is 0 Å². The summed E-state index contributed by atoms with van der Waals surface area (Å²) in [6, 6.07) is 0. The first kappa shape index (κ1) is 28.8. The van der Waals surface area contributed by atoms with Gasteiger partial charge in [-0.1, -0.05) is 0 Å². The van der Waals surface area contributed by atoms with Gasteiger partial charge >= 0.3 is 65.1 Å². The van der Waals surface area contributed by atoms with Crippen molar-refractivity contribution >= 4 is 38.1 Å². The Bertz CT molecular complexity index is 409. The van der Waals surface area contributed by atoms with E-state index >= 15 is 0 Å². The summed E-state index contributed by atoms with van der Waals surface area (Å²) in [5.41, 5.74) is -2.86. The van der Waals surface area contributed by atoms with E-state index in [1.165, 1.54) is 0 Å². The number of carboxylic acid groups (broad SMARTS) is 3. The van der Waals surface area contributed by atoms with Crippen LogP contribution in [0.1, 0.15) is 12.8 Å². The molecule has 0 aliphatic carbocycles. The molecule has 14 heteroatoms. The van der Waals surface area contributed by atoms with Gasteiger partial charge in [0.2, 0.25) is 0 Å². The maximum Gasteiger partial charge on any atom is 1.00 e. The van der Waals surface area contributed by atoms with Gasteiger partial charge in [0.15, 0.2) is 5.60 Å². The van der Waals surface area contributed by atoms with E-state index in [2.05, 4.69) is 11.2 Å². The summed E-state index contributed by atoms with van der Waals surface area (Å²) < 4.78 is 24.0. The third-order valence-corrected chi connectivity index (χ3v) is 1.27. The molecule has 0 saturated carbocycles. The first-order valence-electron chi connectivity index (χ1n) is 3.83. The van der Waals surface area contributed by atoms with Crippen LogP contribution in [-0.2, 0) is 34.6 Å². The van der Waals surface area contributed by atoms with Gasteiger partial charge < -0.3 is 30.0 Å². The Kier molecular flexibility index (Phi) is 17.6. The Hall–Kier alpha value is 0.660. The minimum atomic E-state index is -3.83. The predicted octanol–water partition coefficient (Wildman–Crippen LogP) is -10.2. The summed E-state index contributed by atoms with van der Waals surface area (Å²) in [6.45, 7) is 0. The normalized spacial score (nSPS) is 9.95. The summed E-state index contributed by atoms with van der Waals surface area (Å²) in [4.78, 5) is 30.2. The van der Waals surface area contributed by atoms with Crippen LogP contribution in [0.3, 0.4) is 0 Å². The molecule has 0 bridgehead atoms. The SMILES string of the molecule is O=C([O-])CC(O)(CC(=O)[O-])C(=O)O.O=S(O)(O)=S.[Na+].[Na+]. The molecule has 0 aromatic heterocycles. The number of carbonyl (C=O) groups is 3. The predicted molar refractivity (Wildman–Crippen MR) is 52.6 cm³/mol. The molecule has 0 unspecified atom stereocenters. The molecule has 0 fully saturated rings. The van der Waals surface area contributed by atoms with E-state index in [0.717, 1.165) is 0 Å². The zero-order valence-electron chi connectivity index (χ0n) is 10.5. The van der Waals surface area contributed by atoms with Crippen molar-refractivity contribution in [2.75, 3.05) is 0 Å². The van der Waals surface area contributed by atoms with Gasteiger partial charge in [-0.2, -0.15) is 4.21 Å². The Morgan fingerprint density at radius 3 is 1.35 bits per heavy atom. The van der Waals surface area contributed by atoms with Crippen LogP contribution in [0.25, 0.3) is 0 Å². The molecule has 0 radical (unpaired) electrons. The number of hydrogen-bond donors (Lipinski definition) is 4. The Morgan fingerprint density at radius 2 is 1.25 bits per heavy atom. The van der Waals surface area contributed by atoms with Gasteiger partial charge in [0.25, 0.3) is 9.05 Å². The molecule has 0 aliphatic heterocycles. The largest absolute Gasteiger partial charge is 1.00 e. The molecular formula is C6H8Na2O10S2. The average molecular weight is 350 g/mol. The van der Waals surface area contributed by atoms with Crippen LogP contribution in [0.2, 0.25) is 0 Å². The fraction of sp³-hybridized carbons (Fsp3) is 0.500. The minimum Gasteiger partial charge on any atom is -0.550 e. The third-order valence-electron chi connectivity index (χ3n) is 1.27. The van der Waals surface area contributed by atoms with Crippen molar-refractivity contribution in [1.29, 1.82) is 0 Å². The fourth-order valence-corrected chi connectivity index (χ4v) is 0.691. The molecular weight excluding hydrogens is 342 g/mol.